The van der Waals surface area contributed by atoms with Gasteiger partial charge >= 0.3 is 0 Å². The van der Waals surface area contributed by atoms with E-state index in [1.165, 1.54) is 4.90 Å². The first kappa shape index (κ1) is 19.2. The Balaban J connectivity index is 1.48. The lowest BCUT2D eigenvalue weighted by Crippen LogP contribution is -2.40. The van der Waals surface area contributed by atoms with Gasteiger partial charge in [-0.2, -0.15) is 0 Å². The van der Waals surface area contributed by atoms with Crippen LogP contribution in [0, 0.1) is 17.8 Å². The molecule has 2 bridgehead atoms. The van der Waals surface area contributed by atoms with Crippen LogP contribution in [-0.4, -0.2) is 34.0 Å². The lowest BCUT2D eigenvalue weighted by atomic mass is 9.66. The molecule has 5 heteroatoms. The van der Waals surface area contributed by atoms with Crippen LogP contribution in [-0.2, 0) is 27.5 Å². The minimum Gasteiger partial charge on any atom is -0.392 e. The molecule has 2 aromatic carbocycles. The number of fused-ring (bicyclic) bond motifs is 4. The molecule has 1 saturated carbocycles. The number of hydrogen-bond acceptors (Lipinski definition) is 4. The molecule has 0 aromatic heterocycles. The van der Waals surface area contributed by atoms with Gasteiger partial charge in [0.05, 0.1) is 37.2 Å². The van der Waals surface area contributed by atoms with Gasteiger partial charge in [-0.1, -0.05) is 54.6 Å². The SMILES string of the molecule is C[C@@]12C[C@H]3C(=O)N(Cc4ccccc4)C(=O)[C@H]3[C@@H](CO1)/C2=C\c1cccc(CO)c1. The summed E-state index contributed by atoms with van der Waals surface area (Å²) in [6, 6.07) is 17.4. The first-order valence-electron chi connectivity index (χ1n) is 10.4. The van der Waals surface area contributed by atoms with Crippen LogP contribution >= 0.6 is 0 Å². The molecule has 3 fully saturated rings. The summed E-state index contributed by atoms with van der Waals surface area (Å²) in [4.78, 5) is 27.9. The average Bonchev–Trinajstić information content (AvgIpc) is 3.11. The highest BCUT2D eigenvalue weighted by Gasteiger charge is 2.62. The Morgan fingerprint density at radius 2 is 1.83 bits per heavy atom. The van der Waals surface area contributed by atoms with E-state index in [2.05, 4.69) is 6.08 Å². The molecule has 30 heavy (non-hydrogen) atoms. The molecule has 1 aliphatic carbocycles. The number of amides is 2. The Hall–Kier alpha value is -2.76. The average molecular weight is 403 g/mol. The second kappa shape index (κ2) is 7.18. The van der Waals surface area contributed by atoms with E-state index < -0.39 is 5.60 Å². The molecule has 2 amide bonds. The third-order valence-electron chi connectivity index (χ3n) is 6.84. The Kier molecular flexibility index (Phi) is 4.60. The van der Waals surface area contributed by atoms with Crippen molar-refractivity contribution in [1.29, 1.82) is 0 Å². The van der Waals surface area contributed by atoms with Crippen LogP contribution in [0.15, 0.2) is 60.2 Å². The number of imide groups is 1. The molecule has 5 nitrogen and oxygen atoms in total. The number of aliphatic hydroxyl groups is 1. The Bertz CT molecular complexity index is 1030. The second-order valence-electron chi connectivity index (χ2n) is 8.74. The van der Waals surface area contributed by atoms with Crippen molar-refractivity contribution in [3.63, 3.8) is 0 Å². The molecule has 0 unspecified atom stereocenters. The number of likely N-dealkylation sites (tertiary alicyclic amines) is 1. The van der Waals surface area contributed by atoms with E-state index in [4.69, 9.17) is 4.74 Å². The van der Waals surface area contributed by atoms with Crippen molar-refractivity contribution in [3.8, 4) is 0 Å². The molecule has 0 radical (unpaired) electrons. The van der Waals surface area contributed by atoms with Crippen LogP contribution in [0.5, 0.6) is 0 Å². The molecule has 5 rings (SSSR count). The summed E-state index contributed by atoms with van der Waals surface area (Å²) in [5, 5.41) is 9.44. The molecule has 2 saturated heterocycles. The number of aliphatic hydroxyl groups excluding tert-OH is 1. The quantitative estimate of drug-likeness (QED) is 0.797. The number of hydrogen-bond donors (Lipinski definition) is 1. The van der Waals surface area contributed by atoms with Crippen LogP contribution in [0.4, 0.5) is 0 Å². The van der Waals surface area contributed by atoms with Crippen LogP contribution < -0.4 is 0 Å². The summed E-state index contributed by atoms with van der Waals surface area (Å²) in [7, 11) is 0. The molecule has 3 aliphatic rings. The smallest absolute Gasteiger partial charge is 0.234 e. The second-order valence-corrected chi connectivity index (χ2v) is 8.74. The number of carbonyl (C=O) groups is 2. The van der Waals surface area contributed by atoms with E-state index in [0.717, 1.165) is 22.3 Å². The number of nitrogens with zero attached hydrogens (tertiary/aromatic N) is 1. The summed E-state index contributed by atoms with van der Waals surface area (Å²) < 4.78 is 6.15. The van der Waals surface area contributed by atoms with E-state index >= 15 is 0 Å². The van der Waals surface area contributed by atoms with Crippen LogP contribution in [0.1, 0.15) is 30.0 Å². The maximum Gasteiger partial charge on any atom is 0.234 e. The normalized spacial score (nSPS) is 31.5. The van der Waals surface area contributed by atoms with Crippen molar-refractivity contribution >= 4 is 17.9 Å². The van der Waals surface area contributed by atoms with Gasteiger partial charge in [-0.3, -0.25) is 14.5 Å². The van der Waals surface area contributed by atoms with Gasteiger partial charge in [0.2, 0.25) is 11.8 Å². The lowest BCUT2D eigenvalue weighted by molar-refractivity contribution is -0.141. The van der Waals surface area contributed by atoms with Crippen LogP contribution in [0.2, 0.25) is 0 Å². The molecule has 0 spiro atoms. The topological polar surface area (TPSA) is 66.8 Å². The van der Waals surface area contributed by atoms with Gasteiger partial charge < -0.3 is 9.84 Å². The molecule has 2 aliphatic heterocycles. The zero-order chi connectivity index (χ0) is 20.9. The van der Waals surface area contributed by atoms with Crippen molar-refractivity contribution < 1.29 is 19.4 Å². The van der Waals surface area contributed by atoms with Gasteiger partial charge in [0.25, 0.3) is 0 Å². The molecule has 2 aromatic rings. The standard InChI is InChI=1S/C25H25NO4/c1-25-12-19-22(24(29)26(23(19)28)13-16-6-3-2-4-7-16)20(15-30-25)21(25)11-17-8-5-9-18(10-17)14-27/h2-11,19-20,22,27H,12-15H2,1H3/b21-11+/t19-,20+,22-,25+/m1/s1. The summed E-state index contributed by atoms with van der Waals surface area (Å²) in [5.41, 5.74) is 3.33. The maximum absolute atomic E-state index is 13.3. The van der Waals surface area contributed by atoms with Crippen molar-refractivity contribution in [2.45, 2.75) is 32.1 Å². The van der Waals surface area contributed by atoms with Gasteiger partial charge in [0.15, 0.2) is 0 Å². The van der Waals surface area contributed by atoms with Gasteiger partial charge in [-0.05, 0) is 41.7 Å². The Labute approximate surface area is 176 Å². The summed E-state index contributed by atoms with van der Waals surface area (Å²) >= 11 is 0. The minimum absolute atomic E-state index is 0.0135. The van der Waals surface area contributed by atoms with Crippen molar-refractivity contribution in [1.82, 2.24) is 4.90 Å². The number of carbonyl (C=O) groups excluding carboxylic acids is 2. The lowest BCUT2D eigenvalue weighted by Gasteiger charge is -2.36. The number of benzene rings is 2. The van der Waals surface area contributed by atoms with E-state index in [0.29, 0.717) is 19.6 Å². The van der Waals surface area contributed by atoms with Crippen LogP contribution in [0.25, 0.3) is 6.08 Å². The molecule has 4 atom stereocenters. The summed E-state index contributed by atoms with van der Waals surface area (Å²) in [6.07, 6.45) is 2.61. The zero-order valence-corrected chi connectivity index (χ0v) is 17.0. The number of ether oxygens (including phenoxy) is 1. The molecule has 1 N–H and O–H groups in total. The molecular weight excluding hydrogens is 378 g/mol. The fraction of sp³-hybridized carbons (Fsp3) is 0.360. The highest BCUT2D eigenvalue weighted by Crippen LogP contribution is 2.55. The predicted octanol–water partition coefficient (Wildman–Crippen LogP) is 3.17. The maximum atomic E-state index is 13.3. The Morgan fingerprint density at radius 1 is 1.07 bits per heavy atom. The minimum atomic E-state index is -0.542. The largest absolute Gasteiger partial charge is 0.392 e. The molecular formula is C25H25NO4. The van der Waals surface area contributed by atoms with Gasteiger partial charge in [-0.15, -0.1) is 0 Å². The third kappa shape index (κ3) is 3.01. The van der Waals surface area contributed by atoms with Crippen molar-refractivity contribution in [2.24, 2.45) is 17.8 Å². The fourth-order valence-electron chi connectivity index (χ4n) is 5.36. The van der Waals surface area contributed by atoms with E-state index in [-0.39, 0.29) is 36.2 Å². The first-order valence-corrected chi connectivity index (χ1v) is 10.4. The van der Waals surface area contributed by atoms with E-state index in [9.17, 15) is 14.7 Å². The summed E-state index contributed by atoms with van der Waals surface area (Å²) in [5.74, 6) is -0.925. The summed E-state index contributed by atoms with van der Waals surface area (Å²) in [6.45, 7) is 2.80. The van der Waals surface area contributed by atoms with Gasteiger partial charge in [-0.25, -0.2) is 0 Å². The highest BCUT2D eigenvalue weighted by atomic mass is 16.5. The number of rotatable bonds is 4. The van der Waals surface area contributed by atoms with E-state index in [1.807, 2.05) is 61.5 Å². The molecule has 2 heterocycles. The highest BCUT2D eigenvalue weighted by molar-refractivity contribution is 6.06. The fourth-order valence-corrected chi connectivity index (χ4v) is 5.36. The van der Waals surface area contributed by atoms with Gasteiger partial charge in [0, 0.05) is 5.92 Å². The predicted molar refractivity (Wildman–Crippen MR) is 112 cm³/mol. The van der Waals surface area contributed by atoms with E-state index in [1.54, 1.807) is 0 Å². The first-order chi connectivity index (χ1) is 14.5. The Morgan fingerprint density at radius 3 is 2.60 bits per heavy atom. The third-order valence-corrected chi connectivity index (χ3v) is 6.84. The van der Waals surface area contributed by atoms with Crippen LogP contribution in [0.3, 0.4) is 0 Å². The molecule has 154 valence electrons. The van der Waals surface area contributed by atoms with Gasteiger partial charge in [0.1, 0.15) is 0 Å². The zero-order valence-electron chi connectivity index (χ0n) is 17.0. The monoisotopic (exact) mass is 403 g/mol. The van der Waals surface area contributed by atoms with Crippen molar-refractivity contribution in [3.05, 3.63) is 76.9 Å². The van der Waals surface area contributed by atoms with Crippen molar-refractivity contribution in [2.75, 3.05) is 6.61 Å².